The summed E-state index contributed by atoms with van der Waals surface area (Å²) >= 11 is 6.13. The standard InChI is InChI=1S/C16H19ClN2O/c1-3-8-18-16-7-5-13(10-19-16)11-20-15-6-4-12(2)9-14(15)17/h4-7,9-10H,3,8,11H2,1-2H3,(H,18,19). The highest BCUT2D eigenvalue weighted by Crippen LogP contribution is 2.25. The molecule has 3 nitrogen and oxygen atoms in total. The van der Waals surface area contributed by atoms with Crippen LogP contribution >= 0.6 is 11.6 Å². The van der Waals surface area contributed by atoms with Gasteiger partial charge in [-0.05, 0) is 37.1 Å². The molecule has 2 rings (SSSR count). The maximum absolute atomic E-state index is 6.13. The first-order valence-corrected chi connectivity index (χ1v) is 7.14. The molecule has 0 amide bonds. The lowest BCUT2D eigenvalue weighted by Gasteiger charge is -2.09. The van der Waals surface area contributed by atoms with E-state index in [4.69, 9.17) is 16.3 Å². The molecular weight excluding hydrogens is 272 g/mol. The summed E-state index contributed by atoms with van der Waals surface area (Å²) in [4.78, 5) is 4.34. The molecule has 1 aromatic heterocycles. The van der Waals surface area contributed by atoms with Gasteiger partial charge in [0.05, 0.1) is 5.02 Å². The molecule has 0 bridgehead atoms. The van der Waals surface area contributed by atoms with Gasteiger partial charge in [-0.15, -0.1) is 0 Å². The van der Waals surface area contributed by atoms with Gasteiger partial charge in [0.25, 0.3) is 0 Å². The first-order chi connectivity index (χ1) is 9.69. The summed E-state index contributed by atoms with van der Waals surface area (Å²) in [5.74, 6) is 1.59. The first kappa shape index (κ1) is 14.7. The van der Waals surface area contributed by atoms with E-state index in [0.717, 1.165) is 29.9 Å². The number of hydrogen-bond donors (Lipinski definition) is 1. The van der Waals surface area contributed by atoms with E-state index in [1.54, 1.807) is 0 Å². The molecule has 0 saturated heterocycles. The summed E-state index contributed by atoms with van der Waals surface area (Å²) in [5, 5.41) is 3.88. The van der Waals surface area contributed by atoms with E-state index < -0.39 is 0 Å². The first-order valence-electron chi connectivity index (χ1n) is 6.77. The SMILES string of the molecule is CCCNc1ccc(COc2ccc(C)cc2Cl)cn1. The van der Waals surface area contributed by atoms with Gasteiger partial charge in [0.2, 0.25) is 0 Å². The molecule has 0 aliphatic carbocycles. The van der Waals surface area contributed by atoms with Crippen LogP contribution < -0.4 is 10.1 Å². The average Bonchev–Trinajstić information content (AvgIpc) is 2.45. The second-order valence-corrected chi connectivity index (χ2v) is 5.11. The van der Waals surface area contributed by atoms with Crippen molar-refractivity contribution in [1.29, 1.82) is 0 Å². The van der Waals surface area contributed by atoms with Gasteiger partial charge in [0.15, 0.2) is 0 Å². The Hall–Kier alpha value is -1.74. The molecule has 0 atom stereocenters. The molecule has 0 unspecified atom stereocenters. The fraction of sp³-hybridized carbons (Fsp3) is 0.312. The molecule has 0 aliphatic rings. The molecular formula is C16H19ClN2O. The van der Waals surface area contributed by atoms with Crippen LogP contribution in [0.4, 0.5) is 5.82 Å². The van der Waals surface area contributed by atoms with Crippen molar-refractivity contribution in [1.82, 2.24) is 4.98 Å². The number of rotatable bonds is 6. The monoisotopic (exact) mass is 290 g/mol. The summed E-state index contributed by atoms with van der Waals surface area (Å²) in [6, 6.07) is 9.74. The number of nitrogens with zero attached hydrogens (tertiary/aromatic N) is 1. The van der Waals surface area contributed by atoms with Gasteiger partial charge in [-0.2, -0.15) is 0 Å². The van der Waals surface area contributed by atoms with Crippen LogP contribution in [0.25, 0.3) is 0 Å². The van der Waals surface area contributed by atoms with Crippen molar-refractivity contribution in [2.75, 3.05) is 11.9 Å². The quantitative estimate of drug-likeness (QED) is 0.854. The zero-order chi connectivity index (χ0) is 14.4. The molecule has 4 heteroatoms. The molecule has 1 N–H and O–H groups in total. The van der Waals surface area contributed by atoms with Crippen molar-refractivity contribution in [2.24, 2.45) is 0 Å². The van der Waals surface area contributed by atoms with Crippen molar-refractivity contribution in [3.8, 4) is 5.75 Å². The molecule has 0 spiro atoms. The summed E-state index contributed by atoms with van der Waals surface area (Å²) in [7, 11) is 0. The lowest BCUT2D eigenvalue weighted by atomic mass is 10.2. The minimum absolute atomic E-state index is 0.462. The third kappa shape index (κ3) is 4.14. The molecule has 0 aliphatic heterocycles. The molecule has 106 valence electrons. The van der Waals surface area contributed by atoms with E-state index in [2.05, 4.69) is 17.2 Å². The smallest absolute Gasteiger partial charge is 0.138 e. The van der Waals surface area contributed by atoms with Crippen molar-refractivity contribution in [3.63, 3.8) is 0 Å². The fourth-order valence-electron chi connectivity index (χ4n) is 1.75. The fourth-order valence-corrected chi connectivity index (χ4v) is 2.04. The maximum atomic E-state index is 6.13. The zero-order valence-corrected chi connectivity index (χ0v) is 12.6. The van der Waals surface area contributed by atoms with Gasteiger partial charge in [-0.25, -0.2) is 4.98 Å². The number of aryl methyl sites for hydroxylation is 1. The van der Waals surface area contributed by atoms with Gasteiger partial charge in [0, 0.05) is 18.3 Å². The Labute approximate surface area is 124 Å². The van der Waals surface area contributed by atoms with Gasteiger partial charge < -0.3 is 10.1 Å². The summed E-state index contributed by atoms with van der Waals surface area (Å²) < 4.78 is 5.71. The normalized spacial score (nSPS) is 10.3. The van der Waals surface area contributed by atoms with Gasteiger partial charge in [0.1, 0.15) is 18.2 Å². The van der Waals surface area contributed by atoms with Crippen molar-refractivity contribution >= 4 is 17.4 Å². The number of ether oxygens (including phenoxy) is 1. The van der Waals surface area contributed by atoms with Crippen molar-refractivity contribution < 1.29 is 4.74 Å². The van der Waals surface area contributed by atoms with E-state index >= 15 is 0 Å². The van der Waals surface area contributed by atoms with Crippen LogP contribution in [0.5, 0.6) is 5.75 Å². The molecule has 2 aromatic rings. The number of anilines is 1. The van der Waals surface area contributed by atoms with Crippen LogP contribution in [-0.4, -0.2) is 11.5 Å². The Balaban J connectivity index is 1.93. The van der Waals surface area contributed by atoms with Crippen LogP contribution in [0.2, 0.25) is 5.02 Å². The second kappa shape index (κ2) is 7.15. The molecule has 1 heterocycles. The van der Waals surface area contributed by atoms with E-state index in [1.165, 1.54) is 0 Å². The minimum Gasteiger partial charge on any atom is -0.487 e. The average molecular weight is 291 g/mol. The predicted octanol–water partition coefficient (Wildman–Crippen LogP) is 4.44. The van der Waals surface area contributed by atoms with Crippen LogP contribution in [0.3, 0.4) is 0 Å². The predicted molar refractivity (Wildman–Crippen MR) is 83.5 cm³/mol. The topological polar surface area (TPSA) is 34.1 Å². The highest BCUT2D eigenvalue weighted by molar-refractivity contribution is 6.32. The number of halogens is 1. The summed E-state index contributed by atoms with van der Waals surface area (Å²) in [5.41, 5.74) is 2.14. The van der Waals surface area contributed by atoms with Gasteiger partial charge in [-0.1, -0.05) is 30.7 Å². The maximum Gasteiger partial charge on any atom is 0.138 e. The lowest BCUT2D eigenvalue weighted by Crippen LogP contribution is -2.02. The number of hydrogen-bond acceptors (Lipinski definition) is 3. The summed E-state index contributed by atoms with van der Waals surface area (Å²) in [6.45, 7) is 5.52. The van der Waals surface area contributed by atoms with Gasteiger partial charge >= 0.3 is 0 Å². The van der Waals surface area contributed by atoms with Crippen LogP contribution in [0.15, 0.2) is 36.5 Å². The number of aromatic nitrogens is 1. The van der Waals surface area contributed by atoms with Gasteiger partial charge in [-0.3, -0.25) is 0 Å². The van der Waals surface area contributed by atoms with E-state index in [-0.39, 0.29) is 0 Å². The summed E-state index contributed by atoms with van der Waals surface area (Å²) in [6.07, 6.45) is 2.90. The Morgan fingerprint density at radius 1 is 1.25 bits per heavy atom. The molecule has 20 heavy (non-hydrogen) atoms. The van der Waals surface area contributed by atoms with E-state index in [1.807, 2.05) is 43.5 Å². The molecule has 0 radical (unpaired) electrons. The third-order valence-electron chi connectivity index (χ3n) is 2.86. The lowest BCUT2D eigenvalue weighted by molar-refractivity contribution is 0.306. The minimum atomic E-state index is 0.462. The third-order valence-corrected chi connectivity index (χ3v) is 3.16. The van der Waals surface area contributed by atoms with Crippen molar-refractivity contribution in [2.45, 2.75) is 26.9 Å². The molecule has 0 saturated carbocycles. The number of pyridine rings is 1. The molecule has 1 aromatic carbocycles. The van der Waals surface area contributed by atoms with Crippen LogP contribution in [0, 0.1) is 6.92 Å². The van der Waals surface area contributed by atoms with E-state index in [9.17, 15) is 0 Å². The highest BCUT2D eigenvalue weighted by atomic mass is 35.5. The number of benzene rings is 1. The van der Waals surface area contributed by atoms with E-state index in [0.29, 0.717) is 17.4 Å². The highest BCUT2D eigenvalue weighted by Gasteiger charge is 2.02. The largest absolute Gasteiger partial charge is 0.487 e. The van der Waals surface area contributed by atoms with Crippen molar-refractivity contribution in [3.05, 3.63) is 52.7 Å². The Morgan fingerprint density at radius 2 is 2.10 bits per heavy atom. The number of nitrogens with one attached hydrogen (secondary N) is 1. The Morgan fingerprint density at radius 3 is 2.75 bits per heavy atom. The van der Waals surface area contributed by atoms with Crippen LogP contribution in [0.1, 0.15) is 24.5 Å². The Bertz CT molecular complexity index is 555. The zero-order valence-electron chi connectivity index (χ0n) is 11.8. The second-order valence-electron chi connectivity index (χ2n) is 4.70. The molecule has 0 fully saturated rings. The Kier molecular flexibility index (Phi) is 5.24. The van der Waals surface area contributed by atoms with Crippen LogP contribution in [-0.2, 0) is 6.61 Å².